The summed E-state index contributed by atoms with van der Waals surface area (Å²) in [5.74, 6) is -0.329. The molecule has 0 atom stereocenters. The summed E-state index contributed by atoms with van der Waals surface area (Å²) in [5, 5.41) is 0.943. The average Bonchev–Trinajstić information content (AvgIpc) is 3.16. The van der Waals surface area contributed by atoms with Crippen LogP contribution in [0.15, 0.2) is 60.4 Å². The minimum atomic E-state index is -0.195. The highest BCUT2D eigenvalue weighted by molar-refractivity contribution is 6.16. The van der Waals surface area contributed by atoms with E-state index in [-0.39, 0.29) is 18.2 Å². The second-order valence-corrected chi connectivity index (χ2v) is 6.08. The molecule has 1 aliphatic heterocycles. The molecule has 1 aromatic carbocycles. The molecule has 3 heterocycles. The minimum absolute atomic E-state index is 0.134. The Morgan fingerprint density at radius 3 is 2.80 bits per heavy atom. The van der Waals surface area contributed by atoms with Gasteiger partial charge in [-0.25, -0.2) is 4.98 Å². The van der Waals surface area contributed by atoms with Crippen LogP contribution in [-0.2, 0) is 16.0 Å². The van der Waals surface area contributed by atoms with Crippen molar-refractivity contribution in [2.75, 3.05) is 6.54 Å². The molecule has 1 N–H and O–H groups in total. The fourth-order valence-electron chi connectivity index (χ4n) is 3.13. The van der Waals surface area contributed by atoms with Crippen molar-refractivity contribution in [3.63, 3.8) is 0 Å². The SMILES string of the molecule is O=C1CC(=Cc2c[nH]c3ncccc23)C(=O)N1CCc1ccccc1. The van der Waals surface area contributed by atoms with Gasteiger partial charge < -0.3 is 4.98 Å². The molecule has 0 saturated carbocycles. The van der Waals surface area contributed by atoms with Gasteiger partial charge in [-0.2, -0.15) is 0 Å². The number of hydrogen-bond donors (Lipinski definition) is 1. The zero-order chi connectivity index (χ0) is 17.2. The van der Waals surface area contributed by atoms with E-state index < -0.39 is 0 Å². The van der Waals surface area contributed by atoms with Gasteiger partial charge >= 0.3 is 0 Å². The highest BCUT2D eigenvalue weighted by Crippen LogP contribution is 2.25. The number of rotatable bonds is 4. The Kier molecular flexibility index (Phi) is 3.90. The van der Waals surface area contributed by atoms with E-state index >= 15 is 0 Å². The van der Waals surface area contributed by atoms with E-state index in [0.29, 0.717) is 18.5 Å². The molecule has 2 aromatic heterocycles. The summed E-state index contributed by atoms with van der Waals surface area (Å²) < 4.78 is 0. The van der Waals surface area contributed by atoms with Crippen LogP contribution in [-0.4, -0.2) is 33.2 Å². The highest BCUT2D eigenvalue weighted by Gasteiger charge is 2.33. The highest BCUT2D eigenvalue weighted by atomic mass is 16.2. The molecular formula is C20H17N3O2. The first kappa shape index (κ1) is 15.3. The Morgan fingerprint density at radius 1 is 1.12 bits per heavy atom. The topological polar surface area (TPSA) is 66.1 Å². The summed E-state index contributed by atoms with van der Waals surface area (Å²) >= 11 is 0. The largest absolute Gasteiger partial charge is 0.346 e. The first-order valence-corrected chi connectivity index (χ1v) is 8.23. The summed E-state index contributed by atoms with van der Waals surface area (Å²) in [6.07, 6.45) is 6.15. The third-order valence-electron chi connectivity index (χ3n) is 4.44. The molecule has 2 amide bonds. The number of H-pyrrole nitrogens is 1. The van der Waals surface area contributed by atoms with Crippen LogP contribution in [0.1, 0.15) is 17.5 Å². The Bertz CT molecular complexity index is 973. The quantitative estimate of drug-likeness (QED) is 0.590. The number of hydrogen-bond acceptors (Lipinski definition) is 3. The monoisotopic (exact) mass is 331 g/mol. The lowest BCUT2D eigenvalue weighted by Gasteiger charge is -2.13. The average molecular weight is 331 g/mol. The van der Waals surface area contributed by atoms with Gasteiger partial charge in [0, 0.05) is 35.5 Å². The zero-order valence-electron chi connectivity index (χ0n) is 13.6. The van der Waals surface area contributed by atoms with E-state index in [9.17, 15) is 9.59 Å². The summed E-state index contributed by atoms with van der Waals surface area (Å²) in [4.78, 5) is 33.5. The second-order valence-electron chi connectivity index (χ2n) is 6.08. The molecule has 5 heteroatoms. The molecule has 25 heavy (non-hydrogen) atoms. The molecule has 0 radical (unpaired) electrons. The standard InChI is InChI=1S/C20H17N3O2/c24-18-12-15(11-16-13-22-19-17(16)7-4-9-21-19)20(25)23(18)10-8-14-5-2-1-3-6-14/h1-7,9,11,13H,8,10,12H2,(H,21,22). The number of benzene rings is 1. The van der Waals surface area contributed by atoms with Gasteiger partial charge in [-0.15, -0.1) is 0 Å². The number of carbonyl (C=O) groups excluding carboxylic acids is 2. The summed E-state index contributed by atoms with van der Waals surface area (Å²) in [6, 6.07) is 13.7. The minimum Gasteiger partial charge on any atom is -0.346 e. The van der Waals surface area contributed by atoms with Crippen LogP contribution >= 0.6 is 0 Å². The van der Waals surface area contributed by atoms with Crippen molar-refractivity contribution in [1.82, 2.24) is 14.9 Å². The summed E-state index contributed by atoms with van der Waals surface area (Å²) in [7, 11) is 0. The van der Waals surface area contributed by atoms with Gasteiger partial charge in [0.25, 0.3) is 5.91 Å². The molecule has 3 aromatic rings. The van der Waals surface area contributed by atoms with Crippen LogP contribution < -0.4 is 0 Å². The smallest absolute Gasteiger partial charge is 0.256 e. The number of imide groups is 1. The number of pyridine rings is 1. The van der Waals surface area contributed by atoms with Gasteiger partial charge in [0.05, 0.1) is 6.42 Å². The van der Waals surface area contributed by atoms with Crippen molar-refractivity contribution >= 4 is 28.9 Å². The number of likely N-dealkylation sites (tertiary alicyclic amines) is 1. The number of aromatic amines is 1. The van der Waals surface area contributed by atoms with Crippen LogP contribution in [0.3, 0.4) is 0 Å². The number of aromatic nitrogens is 2. The number of amides is 2. The predicted molar refractivity (Wildman–Crippen MR) is 95.6 cm³/mol. The Morgan fingerprint density at radius 2 is 1.96 bits per heavy atom. The van der Waals surface area contributed by atoms with Gasteiger partial charge in [0.1, 0.15) is 5.65 Å². The molecule has 1 fully saturated rings. The normalized spacial score (nSPS) is 16.3. The molecule has 5 nitrogen and oxygen atoms in total. The lowest BCUT2D eigenvalue weighted by atomic mass is 10.1. The number of carbonyl (C=O) groups is 2. The van der Waals surface area contributed by atoms with E-state index in [1.807, 2.05) is 48.7 Å². The number of nitrogens with zero attached hydrogens (tertiary/aromatic N) is 2. The maximum Gasteiger partial charge on any atom is 0.256 e. The molecule has 1 aliphatic rings. The Labute approximate surface area is 145 Å². The Hall–Kier alpha value is -3.21. The predicted octanol–water partition coefficient (Wildman–Crippen LogP) is 2.95. The molecule has 0 unspecified atom stereocenters. The van der Waals surface area contributed by atoms with Gasteiger partial charge in [-0.05, 0) is 30.2 Å². The molecule has 1 saturated heterocycles. The van der Waals surface area contributed by atoms with E-state index in [4.69, 9.17) is 0 Å². The second kappa shape index (κ2) is 6.36. The van der Waals surface area contributed by atoms with E-state index in [1.165, 1.54) is 4.90 Å². The van der Waals surface area contributed by atoms with Crippen LogP contribution in [0.2, 0.25) is 0 Å². The van der Waals surface area contributed by atoms with Gasteiger partial charge in [0.2, 0.25) is 5.91 Å². The van der Waals surface area contributed by atoms with Crippen molar-refractivity contribution < 1.29 is 9.59 Å². The van der Waals surface area contributed by atoms with Crippen LogP contribution in [0.5, 0.6) is 0 Å². The summed E-state index contributed by atoms with van der Waals surface area (Å²) in [5.41, 5.74) is 3.29. The van der Waals surface area contributed by atoms with Crippen LogP contribution in [0.4, 0.5) is 0 Å². The van der Waals surface area contributed by atoms with Crippen molar-refractivity contribution in [2.45, 2.75) is 12.8 Å². The third-order valence-corrected chi connectivity index (χ3v) is 4.44. The molecule has 4 rings (SSSR count). The van der Waals surface area contributed by atoms with Crippen molar-refractivity contribution in [2.24, 2.45) is 0 Å². The lowest BCUT2D eigenvalue weighted by molar-refractivity contribution is -0.137. The fraction of sp³-hybridized carbons (Fsp3) is 0.150. The zero-order valence-corrected chi connectivity index (χ0v) is 13.6. The first-order chi connectivity index (χ1) is 12.2. The lowest BCUT2D eigenvalue weighted by Crippen LogP contribution is -2.31. The van der Waals surface area contributed by atoms with Crippen LogP contribution in [0, 0.1) is 0 Å². The van der Waals surface area contributed by atoms with Crippen molar-refractivity contribution in [3.8, 4) is 0 Å². The number of nitrogens with one attached hydrogen (secondary N) is 1. The maximum atomic E-state index is 12.6. The van der Waals surface area contributed by atoms with Gasteiger partial charge in [-0.3, -0.25) is 14.5 Å². The van der Waals surface area contributed by atoms with Crippen molar-refractivity contribution in [3.05, 3.63) is 71.6 Å². The first-order valence-electron chi connectivity index (χ1n) is 8.23. The number of fused-ring (bicyclic) bond motifs is 1. The summed E-state index contributed by atoms with van der Waals surface area (Å²) in [6.45, 7) is 0.411. The molecule has 0 spiro atoms. The third kappa shape index (κ3) is 2.96. The van der Waals surface area contributed by atoms with Gasteiger partial charge in [-0.1, -0.05) is 30.3 Å². The maximum absolute atomic E-state index is 12.6. The van der Waals surface area contributed by atoms with E-state index in [1.54, 1.807) is 12.3 Å². The molecule has 0 bridgehead atoms. The van der Waals surface area contributed by atoms with Crippen LogP contribution in [0.25, 0.3) is 17.1 Å². The fourth-order valence-corrected chi connectivity index (χ4v) is 3.13. The van der Waals surface area contributed by atoms with Crippen molar-refractivity contribution in [1.29, 1.82) is 0 Å². The Balaban J connectivity index is 1.54. The molecular weight excluding hydrogens is 314 g/mol. The van der Waals surface area contributed by atoms with E-state index in [2.05, 4.69) is 9.97 Å². The van der Waals surface area contributed by atoms with Gasteiger partial charge in [0.15, 0.2) is 0 Å². The molecule has 124 valence electrons. The van der Waals surface area contributed by atoms with E-state index in [0.717, 1.165) is 22.2 Å². The molecule has 0 aliphatic carbocycles.